The highest BCUT2D eigenvalue weighted by Gasteiger charge is 2.25. The van der Waals surface area contributed by atoms with Crippen molar-refractivity contribution in [3.8, 4) is 11.9 Å². The molecule has 1 aromatic heterocycles. The van der Waals surface area contributed by atoms with Crippen molar-refractivity contribution in [3.05, 3.63) is 50.8 Å². The second kappa shape index (κ2) is 7.75. The maximum atomic E-state index is 13.1. The van der Waals surface area contributed by atoms with Crippen molar-refractivity contribution < 1.29 is 5.11 Å². The van der Waals surface area contributed by atoms with Crippen LogP contribution >= 0.6 is 0 Å². The van der Waals surface area contributed by atoms with E-state index >= 15 is 0 Å². The number of hydrogen-bond acceptors (Lipinski definition) is 5. The van der Waals surface area contributed by atoms with Crippen LogP contribution in [0.25, 0.3) is 0 Å². The molecule has 1 heterocycles. The largest absolute Gasteiger partial charge is 0.493 e. The van der Waals surface area contributed by atoms with Gasteiger partial charge >= 0.3 is 0 Å². The van der Waals surface area contributed by atoms with Gasteiger partial charge in [0.05, 0.1) is 5.69 Å². The molecule has 27 heavy (non-hydrogen) atoms. The Balaban J connectivity index is 2.16. The van der Waals surface area contributed by atoms with E-state index in [1.165, 1.54) is 4.57 Å². The lowest BCUT2D eigenvalue weighted by Crippen LogP contribution is -2.27. The SMILES string of the molecule is Cc1cccc(C)c1N=Nc1c(C)c(C#N)c(O)n(C2CCCCC2)c1=O. The molecule has 0 aliphatic heterocycles. The number of nitriles is 1. The fraction of sp³-hybridized carbons (Fsp3) is 0.429. The van der Waals surface area contributed by atoms with Crippen molar-refractivity contribution in [2.45, 2.75) is 58.9 Å². The Morgan fingerprint density at radius 3 is 2.26 bits per heavy atom. The van der Waals surface area contributed by atoms with Crippen molar-refractivity contribution in [1.82, 2.24) is 4.57 Å². The molecule has 0 radical (unpaired) electrons. The normalized spacial score (nSPS) is 15.2. The first-order valence-corrected chi connectivity index (χ1v) is 9.31. The molecule has 1 saturated carbocycles. The Bertz CT molecular complexity index is 972. The molecular formula is C21H24N4O2. The van der Waals surface area contributed by atoms with Crippen LogP contribution in [0.3, 0.4) is 0 Å². The molecule has 1 aromatic carbocycles. The number of aromatic nitrogens is 1. The first-order valence-electron chi connectivity index (χ1n) is 9.31. The lowest BCUT2D eigenvalue weighted by molar-refractivity contribution is 0.303. The molecule has 0 bridgehead atoms. The molecule has 6 heteroatoms. The highest BCUT2D eigenvalue weighted by atomic mass is 16.3. The number of pyridine rings is 1. The number of aromatic hydroxyl groups is 1. The second-order valence-electron chi connectivity index (χ2n) is 7.19. The van der Waals surface area contributed by atoms with Crippen molar-refractivity contribution in [3.63, 3.8) is 0 Å². The maximum absolute atomic E-state index is 13.1. The highest BCUT2D eigenvalue weighted by molar-refractivity contribution is 5.58. The summed E-state index contributed by atoms with van der Waals surface area (Å²) in [5, 5.41) is 28.6. The van der Waals surface area contributed by atoms with Crippen LogP contribution in [0.5, 0.6) is 5.88 Å². The molecule has 140 valence electrons. The molecule has 1 fully saturated rings. The van der Waals surface area contributed by atoms with Gasteiger partial charge in [-0.25, -0.2) is 0 Å². The summed E-state index contributed by atoms with van der Waals surface area (Å²) in [6.07, 6.45) is 4.77. The van der Waals surface area contributed by atoms with Gasteiger partial charge in [-0.3, -0.25) is 9.36 Å². The molecule has 1 N–H and O–H groups in total. The first-order chi connectivity index (χ1) is 13.0. The molecule has 0 atom stereocenters. The van der Waals surface area contributed by atoms with Crippen LogP contribution in [0.15, 0.2) is 33.2 Å². The van der Waals surface area contributed by atoms with Crippen molar-refractivity contribution in [2.24, 2.45) is 10.2 Å². The van der Waals surface area contributed by atoms with Crippen molar-refractivity contribution in [2.75, 3.05) is 0 Å². The van der Waals surface area contributed by atoms with Gasteiger partial charge < -0.3 is 5.11 Å². The van der Waals surface area contributed by atoms with Gasteiger partial charge in [0, 0.05) is 11.6 Å². The number of nitrogens with zero attached hydrogens (tertiary/aromatic N) is 4. The van der Waals surface area contributed by atoms with E-state index in [0.717, 1.165) is 43.2 Å². The van der Waals surface area contributed by atoms with Crippen LogP contribution in [-0.2, 0) is 0 Å². The van der Waals surface area contributed by atoms with E-state index in [1.807, 2.05) is 38.1 Å². The summed E-state index contributed by atoms with van der Waals surface area (Å²) in [7, 11) is 0. The maximum Gasteiger partial charge on any atom is 0.281 e. The molecule has 3 rings (SSSR count). The zero-order valence-corrected chi connectivity index (χ0v) is 16.0. The lowest BCUT2D eigenvalue weighted by atomic mass is 9.94. The van der Waals surface area contributed by atoms with Crippen molar-refractivity contribution >= 4 is 11.4 Å². The van der Waals surface area contributed by atoms with Gasteiger partial charge in [0.2, 0.25) is 5.88 Å². The van der Waals surface area contributed by atoms with Gasteiger partial charge in [-0.2, -0.15) is 5.26 Å². The zero-order chi connectivity index (χ0) is 19.6. The Labute approximate surface area is 158 Å². The van der Waals surface area contributed by atoms with E-state index in [4.69, 9.17) is 0 Å². The zero-order valence-electron chi connectivity index (χ0n) is 16.0. The Kier molecular flexibility index (Phi) is 5.41. The summed E-state index contributed by atoms with van der Waals surface area (Å²) in [5.41, 5.74) is 2.83. The van der Waals surface area contributed by atoms with Gasteiger partial charge in [-0.15, -0.1) is 10.2 Å². The summed E-state index contributed by atoms with van der Waals surface area (Å²) in [6, 6.07) is 7.73. The molecular weight excluding hydrogens is 340 g/mol. The lowest BCUT2D eigenvalue weighted by Gasteiger charge is -2.25. The standard InChI is InChI=1S/C21H24N4O2/c1-13-8-7-9-14(2)18(13)23-24-19-15(3)17(12-22)20(26)25(21(19)27)16-10-5-4-6-11-16/h7-9,16,26H,4-6,10-11H2,1-3H3. The van der Waals surface area contributed by atoms with Crippen LogP contribution in [0.4, 0.5) is 11.4 Å². The van der Waals surface area contributed by atoms with E-state index in [2.05, 4.69) is 10.2 Å². The van der Waals surface area contributed by atoms with E-state index in [9.17, 15) is 15.2 Å². The topological polar surface area (TPSA) is 90.7 Å². The minimum atomic E-state index is -0.383. The molecule has 6 nitrogen and oxygen atoms in total. The van der Waals surface area contributed by atoms with Crippen LogP contribution in [0, 0.1) is 32.1 Å². The number of azo groups is 1. The number of benzene rings is 1. The minimum Gasteiger partial charge on any atom is -0.493 e. The van der Waals surface area contributed by atoms with Crippen LogP contribution in [-0.4, -0.2) is 9.67 Å². The van der Waals surface area contributed by atoms with Crippen LogP contribution in [0.1, 0.15) is 60.4 Å². The van der Waals surface area contributed by atoms with E-state index in [-0.39, 0.29) is 28.7 Å². The fourth-order valence-electron chi connectivity index (χ4n) is 3.77. The quantitative estimate of drug-likeness (QED) is 0.752. The average Bonchev–Trinajstić information content (AvgIpc) is 2.65. The Hall–Kier alpha value is -2.94. The molecule has 2 aromatic rings. The molecule has 0 unspecified atom stereocenters. The summed E-state index contributed by atoms with van der Waals surface area (Å²) < 4.78 is 1.35. The summed E-state index contributed by atoms with van der Waals surface area (Å²) >= 11 is 0. The number of rotatable bonds is 3. The van der Waals surface area contributed by atoms with E-state index in [0.29, 0.717) is 11.3 Å². The average molecular weight is 364 g/mol. The van der Waals surface area contributed by atoms with Gasteiger partial charge in [0.15, 0.2) is 5.69 Å². The monoisotopic (exact) mass is 364 g/mol. The third kappa shape index (κ3) is 3.50. The molecule has 0 amide bonds. The molecule has 0 saturated heterocycles. The minimum absolute atomic E-state index is 0.0932. The smallest absolute Gasteiger partial charge is 0.281 e. The first kappa shape index (κ1) is 18.8. The summed E-state index contributed by atoms with van der Waals surface area (Å²) in [6.45, 7) is 5.50. The number of hydrogen-bond donors (Lipinski definition) is 1. The highest BCUT2D eigenvalue weighted by Crippen LogP contribution is 2.34. The van der Waals surface area contributed by atoms with Crippen LogP contribution in [0.2, 0.25) is 0 Å². The second-order valence-corrected chi connectivity index (χ2v) is 7.19. The summed E-state index contributed by atoms with van der Waals surface area (Å²) in [4.78, 5) is 13.1. The predicted molar refractivity (Wildman–Crippen MR) is 104 cm³/mol. The van der Waals surface area contributed by atoms with E-state index in [1.54, 1.807) is 6.92 Å². The summed E-state index contributed by atoms with van der Waals surface area (Å²) in [5.74, 6) is -0.252. The number of aryl methyl sites for hydroxylation is 2. The molecule has 0 spiro atoms. The van der Waals surface area contributed by atoms with Crippen LogP contribution < -0.4 is 5.56 Å². The van der Waals surface area contributed by atoms with Gasteiger partial charge in [0.1, 0.15) is 11.6 Å². The van der Waals surface area contributed by atoms with Gasteiger partial charge in [-0.1, -0.05) is 37.5 Å². The third-order valence-corrected chi connectivity index (χ3v) is 5.34. The van der Waals surface area contributed by atoms with Gasteiger partial charge in [0.25, 0.3) is 5.56 Å². The van der Waals surface area contributed by atoms with Crippen molar-refractivity contribution in [1.29, 1.82) is 5.26 Å². The molecule has 1 aliphatic carbocycles. The van der Waals surface area contributed by atoms with Gasteiger partial charge in [-0.05, 0) is 44.7 Å². The fourth-order valence-corrected chi connectivity index (χ4v) is 3.77. The Morgan fingerprint density at radius 1 is 1.07 bits per heavy atom. The predicted octanol–water partition coefficient (Wildman–Crippen LogP) is 5.27. The third-order valence-electron chi connectivity index (χ3n) is 5.34. The van der Waals surface area contributed by atoms with E-state index < -0.39 is 0 Å². The Morgan fingerprint density at radius 2 is 1.67 bits per heavy atom. The molecule has 1 aliphatic rings.